The number of hydrogen-bond acceptors (Lipinski definition) is 25. The summed E-state index contributed by atoms with van der Waals surface area (Å²) < 4.78 is 45.6. The van der Waals surface area contributed by atoms with Gasteiger partial charge in [0.25, 0.3) is 41.4 Å². The highest BCUT2D eigenvalue weighted by Crippen LogP contribution is 2.33. The summed E-state index contributed by atoms with van der Waals surface area (Å²) in [4.78, 5) is 155. The third-order valence-corrected chi connectivity index (χ3v) is 20.4. The normalized spacial score (nSPS) is 12.8. The second kappa shape index (κ2) is 41.8. The molecule has 0 radical (unpaired) electrons. The first-order valence-corrected chi connectivity index (χ1v) is 39.4. The number of nitrogens with one attached hydrogen (secondary N) is 10. The molecule has 1 aliphatic heterocycles. The number of nitrogens with two attached hydrogens (primary N) is 1. The second-order valence-electron chi connectivity index (χ2n) is 28.5. The highest BCUT2D eigenvalue weighted by Gasteiger charge is 2.28. The van der Waals surface area contributed by atoms with E-state index in [1.54, 1.807) is 101 Å². The monoisotopic (exact) mass is 1660 g/mol. The molecule has 1 fully saturated rings. The number of carbonyl (C=O) groups is 10. The maximum atomic E-state index is 13.6. The number of carbonyl (C=O) groups excluding carboxylic acids is 10. The summed E-state index contributed by atoms with van der Waals surface area (Å²) in [5.74, 6) is -2.59. The lowest BCUT2D eigenvalue weighted by atomic mass is 9.94. The smallest absolute Gasteiger partial charge is 0.291 e. The number of nitrogens with zero attached hydrogens (tertiary/aromatic N) is 13. The number of ether oxygens (including phenoxy) is 5. The molecule has 0 spiro atoms. The average molecular weight is 1660 g/mol. The predicted molar refractivity (Wildman–Crippen MR) is 433 cm³/mol. The van der Waals surface area contributed by atoms with Crippen LogP contribution in [0.5, 0.6) is 0 Å². The maximum Gasteiger partial charge on any atom is 0.291 e. The van der Waals surface area contributed by atoms with Gasteiger partial charge >= 0.3 is 0 Å². The van der Waals surface area contributed by atoms with Gasteiger partial charge in [0.15, 0.2) is 22.6 Å². The molecule has 0 aliphatic carbocycles. The highest BCUT2D eigenvalue weighted by atomic mass is 32.2. The minimum Gasteiger partial charge on any atom is -0.444 e. The van der Waals surface area contributed by atoms with Gasteiger partial charge in [0, 0.05) is 143 Å². The zero-order valence-corrected chi connectivity index (χ0v) is 68.5. The molecule has 628 valence electrons. The Labute approximate surface area is 681 Å². The second-order valence-corrected chi connectivity index (χ2v) is 30.8. The lowest BCUT2D eigenvalue weighted by Gasteiger charge is -2.30. The van der Waals surface area contributed by atoms with Gasteiger partial charge in [0.05, 0.1) is 117 Å². The number of likely N-dealkylation sites (tertiary alicyclic amines) is 1. The average Bonchev–Trinajstić information content (AvgIpc) is 1.68. The molecular weight excluding hydrogens is 1560 g/mol. The molecule has 42 heteroatoms. The quantitative estimate of drug-likeness (QED) is 0.0187. The van der Waals surface area contributed by atoms with Crippen molar-refractivity contribution in [1.82, 2.24) is 77.7 Å². The van der Waals surface area contributed by atoms with Gasteiger partial charge in [-0.05, 0) is 56.6 Å². The van der Waals surface area contributed by atoms with E-state index in [1.807, 2.05) is 0 Å². The maximum absolute atomic E-state index is 13.6. The molecule has 12 N–H and O–H groups in total. The number of thiazole rings is 1. The van der Waals surface area contributed by atoms with Crippen molar-refractivity contribution in [3.8, 4) is 0 Å². The van der Waals surface area contributed by atoms with E-state index in [4.69, 9.17) is 33.8 Å². The van der Waals surface area contributed by atoms with Crippen LogP contribution in [0, 0.1) is 5.92 Å². The number of aryl methyl sites for hydroxylation is 7. The Kier molecular flexibility index (Phi) is 31.3. The lowest BCUT2D eigenvalue weighted by Crippen LogP contribution is -2.39. The van der Waals surface area contributed by atoms with Crippen molar-refractivity contribution in [2.45, 2.75) is 67.9 Å². The molecule has 1 aliphatic rings. The molecule has 10 heterocycles. The van der Waals surface area contributed by atoms with E-state index in [9.17, 15) is 47.9 Å². The van der Waals surface area contributed by atoms with Gasteiger partial charge in [-0.3, -0.25) is 47.9 Å². The number of hydrogen-bond donors (Lipinski definition) is 11. The van der Waals surface area contributed by atoms with Crippen LogP contribution in [-0.2, 0) is 98.6 Å². The van der Waals surface area contributed by atoms with Gasteiger partial charge in [-0.2, -0.15) is 0 Å². The number of amides is 10. The summed E-state index contributed by atoms with van der Waals surface area (Å²) in [6.45, 7) is 12.8. The number of anilines is 7. The number of piperidine rings is 1. The fourth-order valence-electron chi connectivity index (χ4n) is 12.0. The largest absolute Gasteiger partial charge is 0.444 e. The third-order valence-electron chi connectivity index (χ3n) is 18.3. The van der Waals surface area contributed by atoms with Gasteiger partial charge < -0.3 is 124 Å². The number of aromatic nitrogens is 12. The van der Waals surface area contributed by atoms with Crippen molar-refractivity contribution in [3.05, 3.63) is 138 Å². The first-order valence-electron chi connectivity index (χ1n) is 37.6. The minimum absolute atomic E-state index is 0.00612. The van der Waals surface area contributed by atoms with Crippen LogP contribution in [-0.4, -0.2) is 232 Å². The van der Waals surface area contributed by atoms with Crippen LogP contribution >= 0.6 is 23.1 Å². The van der Waals surface area contributed by atoms with Crippen LogP contribution in [0.15, 0.2) is 94.9 Å². The van der Waals surface area contributed by atoms with Gasteiger partial charge in [-0.25, -0.2) is 24.9 Å². The molecule has 0 unspecified atom stereocenters. The van der Waals surface area contributed by atoms with E-state index in [0.29, 0.717) is 87.6 Å². The molecule has 0 aromatic carbocycles. The number of imidazole rings is 3. The molecule has 1 saturated heterocycles. The molecule has 40 nitrogen and oxygen atoms in total. The molecule has 10 rings (SSSR count). The summed E-state index contributed by atoms with van der Waals surface area (Å²) >= 11 is 3.03. The molecule has 0 saturated carbocycles. The minimum atomic E-state index is -1.10. The Bertz CT molecular complexity index is 4940. The Hall–Kier alpha value is -11.6. The van der Waals surface area contributed by atoms with Crippen molar-refractivity contribution in [3.63, 3.8) is 0 Å². The van der Waals surface area contributed by atoms with Crippen molar-refractivity contribution < 1.29 is 76.0 Å². The van der Waals surface area contributed by atoms with E-state index >= 15 is 0 Å². The van der Waals surface area contributed by atoms with E-state index in [0.717, 1.165) is 42.4 Å². The molecule has 0 bridgehead atoms. The topological polar surface area (TPSA) is 479 Å². The van der Waals surface area contributed by atoms with E-state index in [-0.39, 0.29) is 125 Å². The third kappa shape index (κ3) is 25.7. The predicted octanol–water partition coefficient (Wildman–Crippen LogP) is 4.29. The van der Waals surface area contributed by atoms with E-state index in [1.165, 1.54) is 89.4 Å². The van der Waals surface area contributed by atoms with E-state index in [2.05, 4.69) is 104 Å². The molecule has 10 amide bonds. The number of oxazole rings is 1. The highest BCUT2D eigenvalue weighted by molar-refractivity contribution is 8.00. The number of rotatable bonds is 43. The summed E-state index contributed by atoms with van der Waals surface area (Å²) in [6, 6.07) is 4.81. The standard InChI is InChI=1S/C75H100N24O16S2/c1-75(2,3)56-37-81-60(115-56)45-116-61-38-82-74(117-61)91-65(101)46-13-19-99(20-14-46)22-24-111-26-28-113-30-32-114-31-29-112-27-25-110-23-18-80-68(104)53-33-48(40-93(53)5)84-69(105)54-36-50(42-95(54)7)86-73(109)64-89-58(44-98(64)10)90-70(106)55-35-47(39-96(55)8)83-66(102)51(76)11-15-79-71(107)63-88-57(43-97(63)9)87-59(100)12-16-78-67(103)52-34-49(41-94(52)6)85-72(108)62-77-17-21-92(62)4/h17,21,33-44,46,51H,11-16,18-20,22-32,45,76H2,1-10H3,(H,78,103)(H,79,107)(H,80,104)(H,83,102)(H,84,105)(H,85,108)(H,86,109)(H,87,100)(H,90,106)(H,82,91,101)/t51-/m0/s1. The summed E-state index contributed by atoms with van der Waals surface area (Å²) in [7, 11) is 11.3. The Balaban J connectivity index is 0.531. The molecular formula is C75H100N24O16S2. The van der Waals surface area contributed by atoms with Crippen LogP contribution in [0.2, 0.25) is 0 Å². The van der Waals surface area contributed by atoms with Crippen molar-refractivity contribution in [2.24, 2.45) is 61.0 Å². The summed E-state index contributed by atoms with van der Waals surface area (Å²) in [5, 5.41) is 27.9. The lowest BCUT2D eigenvalue weighted by molar-refractivity contribution is -0.121. The van der Waals surface area contributed by atoms with Crippen LogP contribution in [0.25, 0.3) is 0 Å². The fraction of sp³-hybridized carbons (Fsp3) is 0.453. The first kappa shape index (κ1) is 87.7. The van der Waals surface area contributed by atoms with Gasteiger partial charge in [-0.1, -0.05) is 32.1 Å². The Morgan fingerprint density at radius 1 is 0.513 bits per heavy atom. The SMILES string of the molecule is Cn1cc(NC(=O)c2cc(NC(=O)c3nc(NC(=O)c4cc(NC(=O)[C@@H](N)CCNC(=O)c5nc(NC(=O)CCNC(=O)c6cc(NC(=O)c7nccn7C)cn6C)cn5C)cn4C)cn3C)cn2C)cc1C(=O)NCCOCCOCCOCCOCCOCCN1CCC(C(=O)Nc2ncc(SCc3ncc(C(C)(C)C)o3)s2)CC1. The van der Waals surface area contributed by atoms with Crippen LogP contribution < -0.4 is 58.9 Å². The molecule has 1 atom stereocenters. The zero-order chi connectivity index (χ0) is 83.9. The molecule has 9 aromatic heterocycles. The van der Waals surface area contributed by atoms with Crippen molar-refractivity contribution >= 4 is 122 Å². The van der Waals surface area contributed by atoms with Gasteiger partial charge in [0.1, 0.15) is 28.5 Å². The van der Waals surface area contributed by atoms with Gasteiger partial charge in [0.2, 0.25) is 35.3 Å². The van der Waals surface area contributed by atoms with Gasteiger partial charge in [-0.15, -0.1) is 11.8 Å². The Morgan fingerprint density at radius 3 is 1.53 bits per heavy atom. The van der Waals surface area contributed by atoms with Crippen LogP contribution in [0.3, 0.4) is 0 Å². The molecule has 9 aromatic rings. The zero-order valence-electron chi connectivity index (χ0n) is 66.8. The fourth-order valence-corrected chi connectivity index (χ4v) is 13.7. The van der Waals surface area contributed by atoms with Crippen LogP contribution in [0.4, 0.5) is 39.5 Å². The Morgan fingerprint density at radius 2 is 0.991 bits per heavy atom. The van der Waals surface area contributed by atoms with E-state index < -0.39 is 53.3 Å². The van der Waals surface area contributed by atoms with Crippen molar-refractivity contribution in [1.29, 1.82) is 0 Å². The first-order chi connectivity index (χ1) is 56.0. The van der Waals surface area contributed by atoms with Crippen molar-refractivity contribution in [2.75, 3.05) is 143 Å². The number of thioether (sulfide) groups is 1. The molecule has 117 heavy (non-hydrogen) atoms. The summed E-state index contributed by atoms with van der Waals surface area (Å²) in [6.07, 6.45) is 17.2. The van der Waals surface area contributed by atoms with Crippen LogP contribution in [0.1, 0.15) is 132 Å². The summed E-state index contributed by atoms with van der Waals surface area (Å²) in [5.41, 5.74) is 8.14.